The maximum absolute atomic E-state index is 13.7. The van der Waals surface area contributed by atoms with Gasteiger partial charge in [0.1, 0.15) is 12.4 Å². The van der Waals surface area contributed by atoms with Crippen LogP contribution in [0.4, 0.5) is 0 Å². The van der Waals surface area contributed by atoms with E-state index in [0.717, 1.165) is 54.3 Å². The van der Waals surface area contributed by atoms with E-state index in [-0.39, 0.29) is 5.56 Å². The molecule has 0 radical (unpaired) electrons. The van der Waals surface area contributed by atoms with Gasteiger partial charge in [-0.25, -0.2) is 0 Å². The number of aryl methyl sites for hydroxylation is 1. The third-order valence-electron chi connectivity index (χ3n) is 6.12. The van der Waals surface area contributed by atoms with Crippen LogP contribution >= 0.6 is 0 Å². The zero-order valence-corrected chi connectivity index (χ0v) is 21.7. The Morgan fingerprint density at radius 3 is 2.20 bits per heavy atom. The Morgan fingerprint density at radius 2 is 1.46 bits per heavy atom. The minimum Gasteiger partial charge on any atom is -0.494 e. The van der Waals surface area contributed by atoms with Crippen molar-refractivity contribution in [1.82, 2.24) is 4.57 Å². The third kappa shape index (κ3) is 7.51. The molecule has 0 atom stereocenters. The second kappa shape index (κ2) is 14.4. The van der Waals surface area contributed by atoms with Gasteiger partial charge in [0.15, 0.2) is 5.75 Å². The van der Waals surface area contributed by atoms with Crippen molar-refractivity contribution in [3.05, 3.63) is 64.4 Å². The average molecular weight is 480 g/mol. The molecule has 1 aromatic heterocycles. The highest BCUT2D eigenvalue weighted by Gasteiger charge is 2.20. The first-order valence-electron chi connectivity index (χ1n) is 13.3. The van der Waals surface area contributed by atoms with E-state index in [1.807, 2.05) is 53.1 Å². The van der Waals surface area contributed by atoms with Crippen molar-refractivity contribution >= 4 is 10.9 Å². The molecule has 0 amide bonds. The Bertz CT molecular complexity index is 1090. The van der Waals surface area contributed by atoms with Gasteiger partial charge >= 0.3 is 0 Å². The molecule has 0 aliphatic heterocycles. The van der Waals surface area contributed by atoms with E-state index in [0.29, 0.717) is 37.9 Å². The smallest absolute Gasteiger partial charge is 0.297 e. The van der Waals surface area contributed by atoms with Crippen LogP contribution in [0.1, 0.15) is 77.7 Å². The second-order valence-electron chi connectivity index (χ2n) is 9.03. The summed E-state index contributed by atoms with van der Waals surface area (Å²) in [6, 6.07) is 15.9. The molecule has 0 unspecified atom stereocenters. The molecule has 0 spiro atoms. The first kappa shape index (κ1) is 26.7. The minimum absolute atomic E-state index is 0.145. The molecule has 2 aromatic carbocycles. The van der Waals surface area contributed by atoms with Gasteiger partial charge in [0.25, 0.3) is 5.56 Å². The number of pyridine rings is 1. The van der Waals surface area contributed by atoms with E-state index in [2.05, 4.69) is 20.8 Å². The zero-order valence-electron chi connectivity index (χ0n) is 21.7. The van der Waals surface area contributed by atoms with Crippen LogP contribution in [0.2, 0.25) is 0 Å². The Labute approximate surface area is 210 Å². The van der Waals surface area contributed by atoms with Crippen LogP contribution in [0.15, 0.2) is 53.3 Å². The Balaban J connectivity index is 2.00. The Morgan fingerprint density at radius 1 is 0.714 bits per heavy atom. The molecule has 5 heteroatoms. The quantitative estimate of drug-likeness (QED) is 0.199. The topological polar surface area (TPSA) is 49.7 Å². The van der Waals surface area contributed by atoms with Gasteiger partial charge in [-0.3, -0.25) is 4.79 Å². The molecule has 0 N–H and O–H groups in total. The molecule has 0 saturated heterocycles. The summed E-state index contributed by atoms with van der Waals surface area (Å²) in [5.41, 5.74) is 1.71. The second-order valence-corrected chi connectivity index (χ2v) is 9.03. The maximum Gasteiger partial charge on any atom is 0.297 e. The van der Waals surface area contributed by atoms with Crippen LogP contribution in [0.5, 0.6) is 17.2 Å². The van der Waals surface area contributed by atoms with Crippen molar-refractivity contribution in [3.63, 3.8) is 0 Å². The number of hydrogen-bond acceptors (Lipinski definition) is 4. The van der Waals surface area contributed by atoms with E-state index >= 15 is 0 Å². The molecule has 3 rings (SSSR count). The number of benzene rings is 2. The van der Waals surface area contributed by atoms with E-state index in [9.17, 15) is 4.79 Å². The summed E-state index contributed by atoms with van der Waals surface area (Å²) in [6.07, 6.45) is 8.47. The van der Waals surface area contributed by atoms with Crippen molar-refractivity contribution in [2.75, 3.05) is 13.2 Å². The molecule has 0 saturated carbocycles. The zero-order chi connectivity index (χ0) is 24.9. The number of nitrogens with zero attached hydrogens (tertiary/aromatic N) is 1. The summed E-state index contributed by atoms with van der Waals surface area (Å²) in [4.78, 5) is 13.7. The third-order valence-corrected chi connectivity index (χ3v) is 6.12. The van der Waals surface area contributed by atoms with Gasteiger partial charge in [0.05, 0.1) is 18.7 Å². The highest BCUT2D eigenvalue weighted by Crippen LogP contribution is 2.35. The highest BCUT2D eigenvalue weighted by molar-refractivity contribution is 5.89. The molecule has 5 nitrogen and oxygen atoms in total. The number of rotatable bonds is 16. The minimum atomic E-state index is -0.145. The molecule has 0 bridgehead atoms. The van der Waals surface area contributed by atoms with E-state index in [4.69, 9.17) is 14.2 Å². The van der Waals surface area contributed by atoms with E-state index in [1.54, 1.807) is 0 Å². The van der Waals surface area contributed by atoms with Crippen molar-refractivity contribution < 1.29 is 14.2 Å². The lowest BCUT2D eigenvalue weighted by Crippen LogP contribution is -2.24. The summed E-state index contributed by atoms with van der Waals surface area (Å²) >= 11 is 0. The molecule has 1 heterocycles. The van der Waals surface area contributed by atoms with Crippen molar-refractivity contribution in [3.8, 4) is 17.2 Å². The number of fused-ring (bicyclic) bond motifs is 1. The average Bonchev–Trinajstić information content (AvgIpc) is 2.88. The molecule has 190 valence electrons. The molecular formula is C30H41NO4. The summed E-state index contributed by atoms with van der Waals surface area (Å²) < 4.78 is 20.2. The monoisotopic (exact) mass is 479 g/mol. The summed E-state index contributed by atoms with van der Waals surface area (Å²) in [5.74, 6) is 1.62. The predicted octanol–water partition coefficient (Wildman–Crippen LogP) is 7.52. The fraction of sp³-hybridized carbons (Fsp3) is 0.500. The largest absolute Gasteiger partial charge is 0.494 e. The van der Waals surface area contributed by atoms with E-state index in [1.165, 1.54) is 19.3 Å². The van der Waals surface area contributed by atoms with Gasteiger partial charge in [-0.1, -0.05) is 83.2 Å². The summed E-state index contributed by atoms with van der Waals surface area (Å²) in [6.45, 7) is 8.64. The lowest BCUT2D eigenvalue weighted by molar-refractivity contribution is 0.256. The van der Waals surface area contributed by atoms with Crippen molar-refractivity contribution in [2.45, 2.75) is 85.3 Å². The molecule has 0 aliphatic rings. The molecule has 3 aromatic rings. The standard InChI is InChI=1S/C30H41NO4/c1-4-7-10-14-21-33-25-17-18-26-27(22-25)31(19-8-5-2)30(32)29(28(26)34-20-9-6-3)35-23-24-15-12-11-13-16-24/h11-13,15-18,22H,4-10,14,19-21,23H2,1-3H3. The van der Waals surface area contributed by atoms with Gasteiger partial charge in [0.2, 0.25) is 5.75 Å². The molecule has 35 heavy (non-hydrogen) atoms. The van der Waals surface area contributed by atoms with Crippen LogP contribution in [0.25, 0.3) is 10.9 Å². The van der Waals surface area contributed by atoms with Gasteiger partial charge in [-0.05, 0) is 37.0 Å². The number of ether oxygens (including phenoxy) is 3. The Kier molecular flexibility index (Phi) is 11.0. The van der Waals surface area contributed by atoms with Gasteiger partial charge < -0.3 is 18.8 Å². The van der Waals surface area contributed by atoms with Crippen LogP contribution in [-0.4, -0.2) is 17.8 Å². The SMILES string of the molecule is CCCCCCOc1ccc2c(OCCCC)c(OCc3ccccc3)c(=O)n(CCCC)c2c1. The van der Waals surface area contributed by atoms with Crippen LogP contribution in [0, 0.1) is 0 Å². The Hall–Kier alpha value is -2.95. The lowest BCUT2D eigenvalue weighted by atomic mass is 10.1. The highest BCUT2D eigenvalue weighted by atomic mass is 16.5. The van der Waals surface area contributed by atoms with Gasteiger partial charge in [-0.15, -0.1) is 0 Å². The van der Waals surface area contributed by atoms with Gasteiger partial charge in [0, 0.05) is 18.0 Å². The van der Waals surface area contributed by atoms with Crippen LogP contribution < -0.4 is 19.8 Å². The number of hydrogen-bond donors (Lipinski definition) is 0. The molecule has 0 aliphatic carbocycles. The number of aromatic nitrogens is 1. The summed E-state index contributed by atoms with van der Waals surface area (Å²) in [7, 11) is 0. The van der Waals surface area contributed by atoms with Crippen molar-refractivity contribution in [1.29, 1.82) is 0 Å². The number of unbranched alkanes of at least 4 members (excludes halogenated alkanes) is 5. The summed E-state index contributed by atoms with van der Waals surface area (Å²) in [5, 5.41) is 0.887. The van der Waals surface area contributed by atoms with Crippen molar-refractivity contribution in [2.24, 2.45) is 0 Å². The first-order chi connectivity index (χ1) is 17.2. The van der Waals surface area contributed by atoms with E-state index < -0.39 is 0 Å². The fourth-order valence-electron chi connectivity index (χ4n) is 4.04. The molecule has 0 fully saturated rings. The lowest BCUT2D eigenvalue weighted by Gasteiger charge is -2.19. The van der Waals surface area contributed by atoms with Crippen LogP contribution in [-0.2, 0) is 13.2 Å². The molecular weight excluding hydrogens is 438 g/mol. The fourth-order valence-corrected chi connectivity index (χ4v) is 4.04. The maximum atomic E-state index is 13.7. The first-order valence-corrected chi connectivity index (χ1v) is 13.3. The van der Waals surface area contributed by atoms with Crippen LogP contribution in [0.3, 0.4) is 0 Å². The predicted molar refractivity (Wildman–Crippen MR) is 144 cm³/mol. The normalized spacial score (nSPS) is 11.1. The van der Waals surface area contributed by atoms with Gasteiger partial charge in [-0.2, -0.15) is 0 Å².